The van der Waals surface area contributed by atoms with E-state index < -0.39 is 0 Å². The highest BCUT2D eigenvalue weighted by atomic mass is 32.2. The minimum absolute atomic E-state index is 0.0710. The maximum atomic E-state index is 12.8. The van der Waals surface area contributed by atoms with Crippen LogP contribution in [0.1, 0.15) is 11.1 Å². The summed E-state index contributed by atoms with van der Waals surface area (Å²) in [6, 6.07) is 13.3. The van der Waals surface area contributed by atoms with E-state index in [4.69, 9.17) is 26.4 Å². The van der Waals surface area contributed by atoms with Gasteiger partial charge in [-0.25, -0.2) is 0 Å². The lowest BCUT2D eigenvalue weighted by atomic mass is 10.1. The number of hydrogen-bond donors (Lipinski definition) is 0. The molecule has 0 saturated carbocycles. The van der Waals surface area contributed by atoms with Gasteiger partial charge in [0.25, 0.3) is 5.91 Å². The van der Waals surface area contributed by atoms with Crippen LogP contribution in [0.2, 0.25) is 0 Å². The fourth-order valence-electron chi connectivity index (χ4n) is 2.82. The van der Waals surface area contributed by atoms with E-state index in [0.717, 1.165) is 23.3 Å². The number of nitrogens with zero attached hydrogens (tertiary/aromatic N) is 1. The zero-order chi connectivity index (χ0) is 20.1. The molecule has 0 radical (unpaired) electrons. The summed E-state index contributed by atoms with van der Waals surface area (Å²) in [4.78, 5) is 15.0. The van der Waals surface area contributed by atoms with E-state index in [0.29, 0.717) is 27.3 Å². The zero-order valence-corrected chi connectivity index (χ0v) is 17.6. The topological polar surface area (TPSA) is 48.0 Å². The molecule has 0 aliphatic carbocycles. The van der Waals surface area contributed by atoms with Gasteiger partial charge in [0, 0.05) is 6.54 Å². The average molecular weight is 416 g/mol. The standard InChI is InChI=1S/C21H21NO4S2/c1-24-16-7-4-14(5-8-16)10-11-22-20(23)19(28-21(22)27)13-15-6-9-17(25-2)18(12-15)26-3/h4-9,12-13H,10-11H2,1-3H3/b19-13-. The van der Waals surface area contributed by atoms with E-state index in [2.05, 4.69) is 0 Å². The summed E-state index contributed by atoms with van der Waals surface area (Å²) in [6.45, 7) is 0.542. The molecule has 5 nitrogen and oxygen atoms in total. The van der Waals surface area contributed by atoms with Crippen molar-refractivity contribution in [1.29, 1.82) is 0 Å². The van der Waals surface area contributed by atoms with E-state index in [1.54, 1.807) is 26.2 Å². The number of amides is 1. The smallest absolute Gasteiger partial charge is 0.266 e. The van der Waals surface area contributed by atoms with Gasteiger partial charge in [-0.15, -0.1) is 0 Å². The number of hydrogen-bond acceptors (Lipinski definition) is 6. The van der Waals surface area contributed by atoms with Crippen molar-refractivity contribution in [2.45, 2.75) is 6.42 Å². The Morgan fingerprint density at radius 1 is 1.00 bits per heavy atom. The molecule has 0 atom stereocenters. The predicted octanol–water partition coefficient (Wildman–Crippen LogP) is 4.16. The highest BCUT2D eigenvalue weighted by Gasteiger charge is 2.31. The van der Waals surface area contributed by atoms with Crippen LogP contribution in [0.25, 0.3) is 6.08 Å². The minimum atomic E-state index is -0.0710. The number of carbonyl (C=O) groups excluding carboxylic acids is 1. The van der Waals surface area contributed by atoms with Crippen molar-refractivity contribution in [3.63, 3.8) is 0 Å². The average Bonchev–Trinajstić information content (AvgIpc) is 2.99. The van der Waals surface area contributed by atoms with Crippen LogP contribution in [0.4, 0.5) is 0 Å². The van der Waals surface area contributed by atoms with Crippen LogP contribution >= 0.6 is 24.0 Å². The summed E-state index contributed by atoms with van der Waals surface area (Å²) in [5, 5.41) is 0. The Morgan fingerprint density at radius 3 is 2.36 bits per heavy atom. The molecule has 0 N–H and O–H groups in total. The van der Waals surface area contributed by atoms with E-state index >= 15 is 0 Å². The van der Waals surface area contributed by atoms with Gasteiger partial charge in [-0.1, -0.05) is 42.2 Å². The molecular weight excluding hydrogens is 394 g/mol. The molecule has 2 aromatic carbocycles. The molecule has 28 heavy (non-hydrogen) atoms. The summed E-state index contributed by atoms with van der Waals surface area (Å²) in [5.74, 6) is 2.00. The van der Waals surface area contributed by atoms with Crippen molar-refractivity contribution in [3.8, 4) is 17.2 Å². The second kappa shape index (κ2) is 9.12. The highest BCUT2D eigenvalue weighted by Crippen LogP contribution is 2.34. The SMILES string of the molecule is COc1ccc(CCN2C(=O)/C(=C/c3ccc(OC)c(OC)c3)SC2=S)cc1. The van der Waals surface area contributed by atoms with E-state index in [1.807, 2.05) is 48.5 Å². The molecule has 0 aromatic heterocycles. The third-order valence-corrected chi connectivity index (χ3v) is 5.74. The third kappa shape index (κ3) is 4.48. The molecule has 1 saturated heterocycles. The van der Waals surface area contributed by atoms with E-state index in [9.17, 15) is 4.79 Å². The van der Waals surface area contributed by atoms with Gasteiger partial charge in [0.1, 0.15) is 10.1 Å². The van der Waals surface area contributed by atoms with Gasteiger partial charge in [-0.3, -0.25) is 9.69 Å². The van der Waals surface area contributed by atoms with Gasteiger partial charge >= 0.3 is 0 Å². The maximum absolute atomic E-state index is 12.8. The normalized spacial score (nSPS) is 15.2. The summed E-state index contributed by atoms with van der Waals surface area (Å²) >= 11 is 6.73. The number of rotatable bonds is 7. The molecule has 1 amide bonds. The Kier molecular flexibility index (Phi) is 6.59. The Hall–Kier alpha value is -2.51. The van der Waals surface area contributed by atoms with Crippen molar-refractivity contribution < 1.29 is 19.0 Å². The van der Waals surface area contributed by atoms with E-state index in [1.165, 1.54) is 11.8 Å². The van der Waals surface area contributed by atoms with Crippen molar-refractivity contribution in [2.75, 3.05) is 27.9 Å². The van der Waals surface area contributed by atoms with E-state index in [-0.39, 0.29) is 5.91 Å². The molecule has 1 aliphatic rings. The Labute approximate surface area is 174 Å². The summed E-state index contributed by atoms with van der Waals surface area (Å²) in [5.41, 5.74) is 1.98. The van der Waals surface area contributed by atoms with Crippen molar-refractivity contribution in [3.05, 3.63) is 58.5 Å². The van der Waals surface area contributed by atoms with Crippen LogP contribution in [0.5, 0.6) is 17.2 Å². The molecule has 0 spiro atoms. The van der Waals surface area contributed by atoms with Gasteiger partial charge in [0.15, 0.2) is 11.5 Å². The molecule has 3 rings (SSSR count). The first-order valence-corrected chi connectivity index (χ1v) is 9.88. The van der Waals surface area contributed by atoms with Crippen molar-refractivity contribution in [2.24, 2.45) is 0 Å². The lowest BCUT2D eigenvalue weighted by Crippen LogP contribution is -2.30. The molecule has 2 aromatic rings. The van der Waals surface area contributed by atoms with Crippen LogP contribution in [-0.4, -0.2) is 43.0 Å². The number of methoxy groups -OCH3 is 3. The van der Waals surface area contributed by atoms with Crippen LogP contribution < -0.4 is 14.2 Å². The van der Waals surface area contributed by atoms with Crippen LogP contribution in [0, 0.1) is 0 Å². The van der Waals surface area contributed by atoms with Crippen LogP contribution in [0.3, 0.4) is 0 Å². The molecule has 0 unspecified atom stereocenters. The van der Waals surface area contributed by atoms with Gasteiger partial charge in [0.05, 0.1) is 26.2 Å². The zero-order valence-electron chi connectivity index (χ0n) is 15.9. The molecule has 1 heterocycles. The Balaban J connectivity index is 1.71. The number of thiocarbonyl (C=S) groups is 1. The van der Waals surface area contributed by atoms with Gasteiger partial charge < -0.3 is 14.2 Å². The van der Waals surface area contributed by atoms with Crippen LogP contribution in [-0.2, 0) is 11.2 Å². The first-order chi connectivity index (χ1) is 13.5. The molecular formula is C21H21NO4S2. The first kappa shape index (κ1) is 20.2. The van der Waals surface area contributed by atoms with Crippen molar-refractivity contribution in [1.82, 2.24) is 4.90 Å². The second-order valence-corrected chi connectivity index (χ2v) is 7.72. The molecule has 1 fully saturated rings. The Morgan fingerprint density at radius 2 is 1.71 bits per heavy atom. The maximum Gasteiger partial charge on any atom is 0.266 e. The van der Waals surface area contributed by atoms with Crippen molar-refractivity contribution >= 4 is 40.3 Å². The first-order valence-electron chi connectivity index (χ1n) is 8.66. The molecule has 0 bridgehead atoms. The summed E-state index contributed by atoms with van der Waals surface area (Å²) in [6.07, 6.45) is 2.55. The van der Waals surface area contributed by atoms with Crippen LogP contribution in [0.15, 0.2) is 47.4 Å². The quantitative estimate of drug-likeness (QED) is 0.500. The monoisotopic (exact) mass is 415 g/mol. The number of carbonyl (C=O) groups is 1. The second-order valence-electron chi connectivity index (χ2n) is 6.05. The number of benzene rings is 2. The fraction of sp³-hybridized carbons (Fsp3) is 0.238. The lowest BCUT2D eigenvalue weighted by molar-refractivity contribution is -0.122. The van der Waals surface area contributed by atoms with Gasteiger partial charge in [-0.05, 0) is 47.9 Å². The largest absolute Gasteiger partial charge is 0.497 e. The third-order valence-electron chi connectivity index (χ3n) is 4.36. The Bertz CT molecular complexity index is 909. The molecule has 146 valence electrons. The highest BCUT2D eigenvalue weighted by molar-refractivity contribution is 8.26. The summed E-state index contributed by atoms with van der Waals surface area (Å²) < 4.78 is 16.3. The molecule has 7 heteroatoms. The number of ether oxygens (including phenoxy) is 3. The van der Waals surface area contributed by atoms with Gasteiger partial charge in [-0.2, -0.15) is 0 Å². The van der Waals surface area contributed by atoms with Gasteiger partial charge in [0.2, 0.25) is 0 Å². The fourth-order valence-corrected chi connectivity index (χ4v) is 4.13. The predicted molar refractivity (Wildman–Crippen MR) is 116 cm³/mol. The summed E-state index contributed by atoms with van der Waals surface area (Å²) in [7, 11) is 4.81. The minimum Gasteiger partial charge on any atom is -0.497 e. The lowest BCUT2D eigenvalue weighted by Gasteiger charge is -2.14. The molecule has 1 aliphatic heterocycles. The number of thioether (sulfide) groups is 1.